The highest BCUT2D eigenvalue weighted by Crippen LogP contribution is 2.41. The number of likely N-dealkylation sites (tertiary alicyclic amines) is 2. The van der Waals surface area contributed by atoms with Crippen LogP contribution < -0.4 is 0 Å². The van der Waals surface area contributed by atoms with Crippen LogP contribution in [0, 0.1) is 24.0 Å². The summed E-state index contributed by atoms with van der Waals surface area (Å²) >= 11 is 0. The Hall–Kier alpha value is -1.53. The van der Waals surface area contributed by atoms with Crippen molar-refractivity contribution in [3.05, 3.63) is 34.9 Å². The third-order valence-electron chi connectivity index (χ3n) is 5.80. The van der Waals surface area contributed by atoms with Crippen molar-refractivity contribution in [2.75, 3.05) is 33.3 Å². The fraction of sp³-hybridized carbons (Fsp3) is 0.611. The van der Waals surface area contributed by atoms with E-state index in [1.807, 2.05) is 7.05 Å². The minimum atomic E-state index is -0.820. The summed E-state index contributed by atoms with van der Waals surface area (Å²) in [4.78, 5) is 16.4. The molecule has 24 heavy (non-hydrogen) atoms. The van der Waals surface area contributed by atoms with Gasteiger partial charge in [0.2, 0.25) is 0 Å². The molecule has 0 unspecified atom stereocenters. The zero-order valence-corrected chi connectivity index (χ0v) is 14.2. The molecule has 1 amide bonds. The molecule has 4 nitrogen and oxygen atoms in total. The predicted molar refractivity (Wildman–Crippen MR) is 86.8 cm³/mol. The molecule has 2 aliphatic rings. The number of aliphatic hydroxyl groups is 1. The molecule has 2 saturated heterocycles. The highest BCUT2D eigenvalue weighted by atomic mass is 19.1. The molecule has 2 fully saturated rings. The summed E-state index contributed by atoms with van der Waals surface area (Å²) in [5, 5.41) is 9.91. The largest absolute Gasteiger partial charge is 0.396 e. The monoisotopic (exact) mass is 338 g/mol. The van der Waals surface area contributed by atoms with Crippen LogP contribution in [0.2, 0.25) is 0 Å². The van der Waals surface area contributed by atoms with Gasteiger partial charge in [0.1, 0.15) is 17.2 Å². The number of halogens is 2. The van der Waals surface area contributed by atoms with E-state index >= 15 is 0 Å². The van der Waals surface area contributed by atoms with Crippen molar-refractivity contribution in [1.82, 2.24) is 9.80 Å². The maximum absolute atomic E-state index is 14.3. The molecular formula is C18H24F2N2O2. The molecule has 132 valence electrons. The van der Waals surface area contributed by atoms with Gasteiger partial charge in [-0.25, -0.2) is 8.78 Å². The van der Waals surface area contributed by atoms with Crippen LogP contribution in [0.5, 0.6) is 0 Å². The first-order valence-corrected chi connectivity index (χ1v) is 8.44. The molecule has 1 aromatic carbocycles. The second-order valence-corrected chi connectivity index (χ2v) is 7.17. The lowest BCUT2D eigenvalue weighted by molar-refractivity contribution is -0.0602. The van der Waals surface area contributed by atoms with Crippen LogP contribution in [0.3, 0.4) is 0 Å². The molecule has 0 bridgehead atoms. The molecular weight excluding hydrogens is 314 g/mol. The van der Waals surface area contributed by atoms with Crippen molar-refractivity contribution in [3.8, 4) is 0 Å². The Bertz CT molecular complexity index is 652. The minimum Gasteiger partial charge on any atom is -0.396 e. The van der Waals surface area contributed by atoms with Crippen molar-refractivity contribution >= 4 is 5.91 Å². The number of hydrogen-bond donors (Lipinski definition) is 1. The van der Waals surface area contributed by atoms with E-state index in [2.05, 4.69) is 4.90 Å². The van der Waals surface area contributed by atoms with E-state index in [-0.39, 0.29) is 23.6 Å². The molecule has 0 spiro atoms. The number of hydrogen-bond acceptors (Lipinski definition) is 3. The number of fused-ring (bicyclic) bond motifs is 1. The summed E-state index contributed by atoms with van der Waals surface area (Å²) in [6, 6.07) is 2.49. The number of carbonyl (C=O) groups is 1. The van der Waals surface area contributed by atoms with E-state index in [1.54, 1.807) is 0 Å². The molecule has 0 radical (unpaired) electrons. The van der Waals surface area contributed by atoms with Crippen molar-refractivity contribution in [2.24, 2.45) is 5.41 Å². The maximum atomic E-state index is 14.3. The number of aryl methyl sites for hydroxylation is 1. The topological polar surface area (TPSA) is 43.8 Å². The average Bonchev–Trinajstić information content (AvgIpc) is 2.58. The van der Waals surface area contributed by atoms with Crippen molar-refractivity contribution < 1.29 is 18.7 Å². The van der Waals surface area contributed by atoms with E-state index in [0.717, 1.165) is 25.5 Å². The lowest BCUT2D eigenvalue weighted by Crippen LogP contribution is -2.62. The molecule has 1 N–H and O–H groups in total. The number of benzene rings is 1. The first kappa shape index (κ1) is 17.3. The normalized spacial score (nSPS) is 27.9. The van der Waals surface area contributed by atoms with Gasteiger partial charge in [0.25, 0.3) is 5.91 Å². The van der Waals surface area contributed by atoms with E-state index < -0.39 is 23.1 Å². The molecule has 3 rings (SSSR count). The molecule has 2 aliphatic heterocycles. The number of rotatable bonds is 2. The molecule has 1 aromatic rings. The second-order valence-electron chi connectivity index (χ2n) is 7.17. The summed E-state index contributed by atoms with van der Waals surface area (Å²) in [5.41, 5.74) is -0.422. The molecule has 0 saturated carbocycles. The zero-order chi connectivity index (χ0) is 17.5. The first-order chi connectivity index (χ1) is 11.4. The Morgan fingerprint density at radius 3 is 2.79 bits per heavy atom. The van der Waals surface area contributed by atoms with Gasteiger partial charge in [-0.05, 0) is 51.4 Å². The lowest BCUT2D eigenvalue weighted by atomic mass is 9.69. The number of likely N-dealkylation sites (N-methyl/N-ethyl adjacent to an activating group) is 1. The lowest BCUT2D eigenvalue weighted by Gasteiger charge is -2.53. The van der Waals surface area contributed by atoms with Gasteiger partial charge >= 0.3 is 0 Å². The van der Waals surface area contributed by atoms with Crippen LogP contribution in [0.1, 0.15) is 35.2 Å². The summed E-state index contributed by atoms with van der Waals surface area (Å²) in [6.07, 6.45) is 2.59. The van der Waals surface area contributed by atoms with E-state index in [9.17, 15) is 18.7 Å². The van der Waals surface area contributed by atoms with E-state index in [4.69, 9.17) is 0 Å². The van der Waals surface area contributed by atoms with Crippen LogP contribution in [-0.2, 0) is 0 Å². The van der Waals surface area contributed by atoms with E-state index in [0.29, 0.717) is 19.5 Å². The highest BCUT2D eigenvalue weighted by Gasteiger charge is 2.47. The molecule has 0 aliphatic carbocycles. The third kappa shape index (κ3) is 2.71. The first-order valence-electron chi connectivity index (χ1n) is 8.44. The Labute approximate surface area is 141 Å². The van der Waals surface area contributed by atoms with Crippen molar-refractivity contribution in [2.45, 2.75) is 32.2 Å². The van der Waals surface area contributed by atoms with Crippen molar-refractivity contribution in [3.63, 3.8) is 0 Å². The third-order valence-corrected chi connectivity index (χ3v) is 5.80. The fourth-order valence-electron chi connectivity index (χ4n) is 4.21. The van der Waals surface area contributed by atoms with Gasteiger partial charge in [-0.1, -0.05) is 6.07 Å². The second kappa shape index (κ2) is 6.41. The summed E-state index contributed by atoms with van der Waals surface area (Å²) < 4.78 is 28.3. The Morgan fingerprint density at radius 2 is 2.08 bits per heavy atom. The molecule has 0 aromatic heterocycles. The standard InChI is InChI=1S/C18H24F2N2O2/c1-12-4-5-13(19)15(16(12)20)17(24)22-9-7-18(11-23)6-3-8-21(2)14(18)10-22/h4-5,14,23H,3,6-11H2,1-2H3/t14-,18-/m1/s1. The average molecular weight is 338 g/mol. The van der Waals surface area contributed by atoms with Crippen LogP contribution in [0.25, 0.3) is 0 Å². The van der Waals surface area contributed by atoms with Gasteiger partial charge in [-0.15, -0.1) is 0 Å². The molecule has 6 heteroatoms. The van der Waals surface area contributed by atoms with Crippen molar-refractivity contribution in [1.29, 1.82) is 0 Å². The Balaban J connectivity index is 1.87. The van der Waals surface area contributed by atoms with Crippen LogP contribution in [-0.4, -0.2) is 60.1 Å². The number of carbonyl (C=O) groups excluding carboxylic acids is 1. The number of piperidine rings is 2. The number of nitrogens with zero attached hydrogens (tertiary/aromatic N) is 2. The van der Waals surface area contributed by atoms with Gasteiger partial charge in [0, 0.05) is 24.5 Å². The Kier molecular flexibility index (Phi) is 4.62. The quantitative estimate of drug-likeness (QED) is 0.899. The SMILES string of the molecule is Cc1ccc(F)c(C(=O)N2CC[C@@]3(CO)CCCN(C)[C@@H]3C2)c1F. The molecule has 2 atom stereocenters. The zero-order valence-electron chi connectivity index (χ0n) is 14.2. The maximum Gasteiger partial charge on any atom is 0.259 e. The van der Waals surface area contributed by atoms with Gasteiger partial charge < -0.3 is 14.9 Å². The predicted octanol–water partition coefficient (Wildman–Crippen LogP) is 2.19. The fourth-order valence-corrected chi connectivity index (χ4v) is 4.21. The summed E-state index contributed by atoms with van der Waals surface area (Å²) in [6.45, 7) is 3.31. The minimum absolute atomic E-state index is 0.0184. The number of amides is 1. The van der Waals surface area contributed by atoms with Crippen LogP contribution >= 0.6 is 0 Å². The number of aliphatic hydroxyl groups excluding tert-OH is 1. The highest BCUT2D eigenvalue weighted by molar-refractivity contribution is 5.95. The molecule has 2 heterocycles. The van der Waals surface area contributed by atoms with Gasteiger partial charge in [0.05, 0.1) is 6.61 Å². The van der Waals surface area contributed by atoms with E-state index in [1.165, 1.54) is 17.9 Å². The summed E-state index contributed by atoms with van der Waals surface area (Å²) in [7, 11) is 1.98. The smallest absolute Gasteiger partial charge is 0.259 e. The Morgan fingerprint density at radius 1 is 1.33 bits per heavy atom. The summed E-state index contributed by atoms with van der Waals surface area (Å²) in [5.74, 6) is -2.20. The van der Waals surface area contributed by atoms with Gasteiger partial charge in [0.15, 0.2) is 0 Å². The van der Waals surface area contributed by atoms with Gasteiger partial charge in [-0.2, -0.15) is 0 Å². The van der Waals surface area contributed by atoms with Crippen LogP contribution in [0.4, 0.5) is 8.78 Å². The van der Waals surface area contributed by atoms with Crippen LogP contribution in [0.15, 0.2) is 12.1 Å². The van der Waals surface area contributed by atoms with Gasteiger partial charge in [-0.3, -0.25) is 4.79 Å².